The summed E-state index contributed by atoms with van der Waals surface area (Å²) in [7, 11) is 0. The van der Waals surface area contributed by atoms with Gasteiger partial charge >= 0.3 is 0 Å². The van der Waals surface area contributed by atoms with Gasteiger partial charge < -0.3 is 14.8 Å². The number of nitrogens with one attached hydrogen (secondary N) is 1. The van der Waals surface area contributed by atoms with Gasteiger partial charge in [0, 0.05) is 13.1 Å². The number of benzene rings is 1. The van der Waals surface area contributed by atoms with Crippen molar-refractivity contribution in [1.82, 2.24) is 5.32 Å². The minimum absolute atomic E-state index is 0.308. The standard InChI is InChI=1S/C15H18N2O2/c16-8-15(10-18-11-15)9-17-7-12-3-4-14-13(6-12)2-1-5-19-14/h3-4,6,17H,1-2,5,7,9-11H2. The summed E-state index contributed by atoms with van der Waals surface area (Å²) in [6.45, 7) is 3.41. The highest BCUT2D eigenvalue weighted by Crippen LogP contribution is 2.27. The smallest absolute Gasteiger partial charge is 0.122 e. The maximum atomic E-state index is 9.11. The number of hydrogen-bond donors (Lipinski definition) is 1. The molecule has 2 aliphatic heterocycles. The zero-order chi connectivity index (χ0) is 13.1. The molecule has 19 heavy (non-hydrogen) atoms. The highest BCUT2D eigenvalue weighted by molar-refractivity contribution is 5.38. The topological polar surface area (TPSA) is 54.3 Å². The average Bonchev–Trinajstić information content (AvgIpc) is 2.42. The van der Waals surface area contributed by atoms with E-state index in [-0.39, 0.29) is 5.41 Å². The molecule has 0 aliphatic carbocycles. The first-order chi connectivity index (χ1) is 9.31. The molecule has 4 nitrogen and oxygen atoms in total. The van der Waals surface area contributed by atoms with Crippen LogP contribution in [-0.4, -0.2) is 26.4 Å². The predicted octanol–water partition coefficient (Wildman–Crippen LogP) is 1.64. The number of aryl methyl sites for hydroxylation is 1. The van der Waals surface area contributed by atoms with E-state index in [1.54, 1.807) is 0 Å². The minimum Gasteiger partial charge on any atom is -0.493 e. The monoisotopic (exact) mass is 258 g/mol. The quantitative estimate of drug-likeness (QED) is 0.892. The van der Waals surface area contributed by atoms with Crippen LogP contribution in [0.5, 0.6) is 5.75 Å². The van der Waals surface area contributed by atoms with Crippen molar-refractivity contribution in [3.63, 3.8) is 0 Å². The Bertz CT molecular complexity index is 503. The molecule has 0 saturated carbocycles. The van der Waals surface area contributed by atoms with Crippen LogP contribution in [0, 0.1) is 16.7 Å². The van der Waals surface area contributed by atoms with Crippen molar-refractivity contribution in [2.45, 2.75) is 19.4 Å². The van der Waals surface area contributed by atoms with Crippen LogP contribution in [0.3, 0.4) is 0 Å². The normalized spacial score (nSPS) is 19.7. The van der Waals surface area contributed by atoms with Crippen LogP contribution in [0.15, 0.2) is 18.2 Å². The van der Waals surface area contributed by atoms with Gasteiger partial charge in [-0.05, 0) is 30.0 Å². The van der Waals surface area contributed by atoms with E-state index in [4.69, 9.17) is 14.7 Å². The molecule has 1 aromatic rings. The second-order valence-electron chi connectivity index (χ2n) is 5.38. The molecule has 0 radical (unpaired) electrons. The average molecular weight is 258 g/mol. The molecule has 0 atom stereocenters. The fourth-order valence-corrected chi connectivity index (χ4v) is 2.52. The number of nitrogens with zero attached hydrogens (tertiary/aromatic N) is 1. The fourth-order valence-electron chi connectivity index (χ4n) is 2.52. The predicted molar refractivity (Wildman–Crippen MR) is 70.8 cm³/mol. The molecule has 1 fully saturated rings. The number of ether oxygens (including phenoxy) is 2. The third kappa shape index (κ3) is 2.58. The van der Waals surface area contributed by atoms with E-state index in [2.05, 4.69) is 29.6 Å². The Morgan fingerprint density at radius 2 is 2.26 bits per heavy atom. The summed E-state index contributed by atoms with van der Waals surface area (Å²) in [5, 5.41) is 12.5. The zero-order valence-electron chi connectivity index (χ0n) is 10.9. The Morgan fingerprint density at radius 3 is 3.00 bits per heavy atom. The molecule has 2 heterocycles. The number of hydrogen-bond acceptors (Lipinski definition) is 4. The molecule has 4 heteroatoms. The molecule has 1 N–H and O–H groups in total. The van der Waals surface area contributed by atoms with Gasteiger partial charge in [-0.1, -0.05) is 12.1 Å². The number of fused-ring (bicyclic) bond motifs is 1. The molecule has 0 spiro atoms. The Labute approximate surface area is 113 Å². The van der Waals surface area contributed by atoms with Gasteiger partial charge in [0.2, 0.25) is 0 Å². The van der Waals surface area contributed by atoms with Gasteiger partial charge in [-0.2, -0.15) is 5.26 Å². The SMILES string of the molecule is N#CC1(CNCc2ccc3c(c2)CCCO3)COC1. The van der Waals surface area contributed by atoms with Crippen molar-refractivity contribution < 1.29 is 9.47 Å². The molecule has 100 valence electrons. The summed E-state index contributed by atoms with van der Waals surface area (Å²) < 4.78 is 10.7. The summed E-state index contributed by atoms with van der Waals surface area (Å²) in [4.78, 5) is 0. The van der Waals surface area contributed by atoms with Crippen LogP contribution in [0.4, 0.5) is 0 Å². The molecule has 0 unspecified atom stereocenters. The van der Waals surface area contributed by atoms with Crippen molar-refractivity contribution in [3.8, 4) is 11.8 Å². The van der Waals surface area contributed by atoms with Crippen molar-refractivity contribution in [2.24, 2.45) is 5.41 Å². The molecule has 0 amide bonds. The summed E-state index contributed by atoms with van der Waals surface area (Å²) in [5.74, 6) is 1.02. The van der Waals surface area contributed by atoms with Crippen molar-refractivity contribution >= 4 is 0 Å². The Morgan fingerprint density at radius 1 is 1.37 bits per heavy atom. The number of nitriles is 1. The lowest BCUT2D eigenvalue weighted by atomic mass is 9.88. The van der Waals surface area contributed by atoms with Crippen LogP contribution in [0.1, 0.15) is 17.5 Å². The van der Waals surface area contributed by atoms with E-state index in [9.17, 15) is 0 Å². The molecular weight excluding hydrogens is 240 g/mol. The Hall–Kier alpha value is -1.57. The van der Waals surface area contributed by atoms with E-state index in [1.165, 1.54) is 11.1 Å². The molecule has 1 aromatic carbocycles. The van der Waals surface area contributed by atoms with E-state index >= 15 is 0 Å². The van der Waals surface area contributed by atoms with Crippen LogP contribution in [0.25, 0.3) is 0 Å². The van der Waals surface area contributed by atoms with Gasteiger partial charge in [-0.3, -0.25) is 0 Å². The van der Waals surface area contributed by atoms with E-state index in [0.717, 1.165) is 31.7 Å². The van der Waals surface area contributed by atoms with E-state index in [0.29, 0.717) is 19.8 Å². The van der Waals surface area contributed by atoms with Gasteiger partial charge in [0.15, 0.2) is 0 Å². The molecule has 0 aromatic heterocycles. The van der Waals surface area contributed by atoms with E-state index < -0.39 is 0 Å². The Balaban J connectivity index is 1.57. The summed E-state index contributed by atoms with van der Waals surface area (Å²) >= 11 is 0. The first kappa shape index (κ1) is 12.5. The van der Waals surface area contributed by atoms with Crippen LogP contribution < -0.4 is 10.1 Å². The highest BCUT2D eigenvalue weighted by atomic mass is 16.5. The van der Waals surface area contributed by atoms with Crippen LogP contribution in [-0.2, 0) is 17.7 Å². The van der Waals surface area contributed by atoms with Crippen LogP contribution in [0.2, 0.25) is 0 Å². The van der Waals surface area contributed by atoms with Crippen molar-refractivity contribution in [3.05, 3.63) is 29.3 Å². The maximum absolute atomic E-state index is 9.11. The fraction of sp³-hybridized carbons (Fsp3) is 0.533. The first-order valence-corrected chi connectivity index (χ1v) is 6.76. The second kappa shape index (κ2) is 5.20. The molecule has 2 aliphatic rings. The third-order valence-electron chi connectivity index (χ3n) is 3.76. The van der Waals surface area contributed by atoms with Gasteiger partial charge in [-0.25, -0.2) is 0 Å². The molecule has 1 saturated heterocycles. The van der Waals surface area contributed by atoms with Crippen LogP contribution >= 0.6 is 0 Å². The van der Waals surface area contributed by atoms with Gasteiger partial charge in [0.05, 0.1) is 25.9 Å². The highest BCUT2D eigenvalue weighted by Gasteiger charge is 2.38. The second-order valence-corrected chi connectivity index (χ2v) is 5.38. The maximum Gasteiger partial charge on any atom is 0.122 e. The third-order valence-corrected chi connectivity index (χ3v) is 3.76. The lowest BCUT2D eigenvalue weighted by Gasteiger charge is -2.35. The zero-order valence-corrected chi connectivity index (χ0v) is 10.9. The Kier molecular flexibility index (Phi) is 3.41. The summed E-state index contributed by atoms with van der Waals surface area (Å²) in [6.07, 6.45) is 2.19. The van der Waals surface area contributed by atoms with Crippen molar-refractivity contribution in [2.75, 3.05) is 26.4 Å². The first-order valence-electron chi connectivity index (χ1n) is 6.76. The minimum atomic E-state index is -0.308. The van der Waals surface area contributed by atoms with Crippen molar-refractivity contribution in [1.29, 1.82) is 5.26 Å². The largest absolute Gasteiger partial charge is 0.493 e. The van der Waals surface area contributed by atoms with Gasteiger partial charge in [0.1, 0.15) is 11.2 Å². The molecular formula is C15H18N2O2. The molecule has 0 bridgehead atoms. The number of rotatable bonds is 4. The van der Waals surface area contributed by atoms with E-state index in [1.807, 2.05) is 0 Å². The summed E-state index contributed by atoms with van der Waals surface area (Å²) in [5.41, 5.74) is 2.24. The lowest BCUT2D eigenvalue weighted by Crippen LogP contribution is -2.48. The molecule has 3 rings (SSSR count). The lowest BCUT2D eigenvalue weighted by molar-refractivity contribution is -0.0755. The van der Waals surface area contributed by atoms with Gasteiger partial charge in [-0.15, -0.1) is 0 Å². The summed E-state index contributed by atoms with van der Waals surface area (Å²) in [6, 6.07) is 8.69. The van der Waals surface area contributed by atoms with Gasteiger partial charge in [0.25, 0.3) is 0 Å².